The number of amides is 1. The summed E-state index contributed by atoms with van der Waals surface area (Å²) in [4.78, 5) is 28.9. The van der Waals surface area contributed by atoms with E-state index < -0.39 is 11.4 Å². The first kappa shape index (κ1) is 17.8. The maximum atomic E-state index is 11.2. The molecule has 10 heteroatoms. The quantitative estimate of drug-likeness (QED) is 0.517. The van der Waals surface area contributed by atoms with Gasteiger partial charge in [0.25, 0.3) is 5.91 Å². The number of nitrogens with two attached hydrogens (primary N) is 1. The molecule has 30 heavy (non-hydrogen) atoms. The van der Waals surface area contributed by atoms with Gasteiger partial charge in [-0.3, -0.25) is 9.48 Å². The van der Waals surface area contributed by atoms with Gasteiger partial charge in [0.1, 0.15) is 22.7 Å². The van der Waals surface area contributed by atoms with Crippen LogP contribution in [-0.2, 0) is 5.54 Å². The summed E-state index contributed by atoms with van der Waals surface area (Å²) in [6.07, 6.45) is 10.6. The van der Waals surface area contributed by atoms with Crippen LogP contribution in [0.1, 0.15) is 16.9 Å². The number of H-pyrrole nitrogens is 1. The number of hydrogen-bond acceptors (Lipinski definition) is 7. The van der Waals surface area contributed by atoms with Crippen LogP contribution in [0.25, 0.3) is 22.2 Å². The van der Waals surface area contributed by atoms with Crippen molar-refractivity contribution in [3.8, 4) is 17.2 Å². The molecule has 4 aromatic rings. The fraction of sp³-hybridized carbons (Fsp3) is 0.200. The molecule has 0 saturated carbocycles. The van der Waals surface area contributed by atoms with E-state index in [0.717, 1.165) is 22.2 Å². The molecule has 1 aliphatic heterocycles. The molecule has 5 heterocycles. The summed E-state index contributed by atoms with van der Waals surface area (Å²) in [6.45, 7) is 1.12. The molecule has 10 nitrogen and oxygen atoms in total. The van der Waals surface area contributed by atoms with E-state index in [1.54, 1.807) is 6.20 Å². The molecular weight excluding hydrogens is 382 g/mol. The second kappa shape index (κ2) is 6.66. The molecule has 0 aliphatic carbocycles. The number of hydrogen-bond donors (Lipinski definition) is 2. The summed E-state index contributed by atoms with van der Waals surface area (Å²) in [6, 6.07) is 6.22. The molecule has 5 rings (SSSR count). The molecule has 0 radical (unpaired) electrons. The van der Waals surface area contributed by atoms with Gasteiger partial charge in [-0.15, -0.1) is 0 Å². The molecule has 0 atom stereocenters. The van der Waals surface area contributed by atoms with Crippen LogP contribution in [0.3, 0.4) is 0 Å². The number of carbonyl (C=O) groups excluding carboxylic acids is 1. The lowest BCUT2D eigenvalue weighted by Crippen LogP contribution is -2.63. The predicted molar refractivity (Wildman–Crippen MR) is 108 cm³/mol. The Morgan fingerprint density at radius 2 is 2.10 bits per heavy atom. The number of rotatable bonds is 5. The zero-order valence-electron chi connectivity index (χ0n) is 15.9. The molecule has 0 aromatic carbocycles. The largest absolute Gasteiger partial charge is 0.364 e. The molecule has 0 bridgehead atoms. The number of primary amides is 1. The Hall–Kier alpha value is -4.26. The number of carbonyl (C=O) groups is 1. The third-order valence-corrected chi connectivity index (χ3v) is 5.43. The van der Waals surface area contributed by atoms with Gasteiger partial charge in [-0.05, 0) is 17.7 Å². The second-order valence-electron chi connectivity index (χ2n) is 7.31. The first-order chi connectivity index (χ1) is 14.6. The summed E-state index contributed by atoms with van der Waals surface area (Å²) in [5.41, 5.74) is 7.69. The average Bonchev–Trinajstić information content (AvgIpc) is 3.40. The molecule has 1 saturated heterocycles. The van der Waals surface area contributed by atoms with E-state index in [-0.39, 0.29) is 5.69 Å². The predicted octanol–water partition coefficient (Wildman–Crippen LogP) is 1.44. The van der Waals surface area contributed by atoms with E-state index in [0.29, 0.717) is 25.3 Å². The Balaban J connectivity index is 1.42. The highest BCUT2D eigenvalue weighted by atomic mass is 16.1. The van der Waals surface area contributed by atoms with E-state index in [1.165, 1.54) is 12.4 Å². The fourth-order valence-electron chi connectivity index (χ4n) is 3.86. The SMILES string of the molecule is N#CCC1(n2cc(-c3ccnc4[nH]ccc34)cn2)CN(c2cnc(C(N)=O)cn2)C1. The number of nitrogens with zero attached hydrogens (tertiary/aromatic N) is 7. The maximum absolute atomic E-state index is 11.2. The molecular formula is C20H17N9O. The average molecular weight is 399 g/mol. The standard InChI is InChI=1S/C20H17N9O/c21-4-3-20(11-28(12-20)17-9-25-16(8-26-17)18(22)30)29-10-13(7-27-29)14-1-5-23-19-15(14)2-6-24-19/h1-2,5-10H,3,11-12H2,(H2,22,30)(H,23,24). The first-order valence-electron chi connectivity index (χ1n) is 9.31. The van der Waals surface area contributed by atoms with Gasteiger partial charge in [0.15, 0.2) is 0 Å². The molecule has 0 spiro atoms. The zero-order chi connectivity index (χ0) is 20.7. The van der Waals surface area contributed by atoms with Crippen LogP contribution < -0.4 is 10.6 Å². The van der Waals surface area contributed by atoms with Crippen LogP contribution in [0.5, 0.6) is 0 Å². The van der Waals surface area contributed by atoms with Gasteiger partial charge in [-0.25, -0.2) is 15.0 Å². The highest BCUT2D eigenvalue weighted by molar-refractivity contribution is 5.92. The maximum Gasteiger partial charge on any atom is 0.268 e. The number of anilines is 1. The normalized spacial score (nSPS) is 15.0. The van der Waals surface area contributed by atoms with Crippen molar-refractivity contribution in [2.45, 2.75) is 12.0 Å². The molecule has 1 amide bonds. The first-order valence-corrected chi connectivity index (χ1v) is 9.31. The minimum absolute atomic E-state index is 0.118. The van der Waals surface area contributed by atoms with Crippen LogP contribution in [0.15, 0.2) is 49.3 Å². The van der Waals surface area contributed by atoms with Gasteiger partial charge in [0.2, 0.25) is 0 Å². The van der Waals surface area contributed by atoms with Crippen molar-refractivity contribution >= 4 is 22.8 Å². The van der Waals surface area contributed by atoms with Crippen molar-refractivity contribution in [1.29, 1.82) is 5.26 Å². The molecule has 1 aliphatic rings. The smallest absolute Gasteiger partial charge is 0.268 e. The molecule has 148 valence electrons. The fourth-order valence-corrected chi connectivity index (χ4v) is 3.86. The van der Waals surface area contributed by atoms with E-state index in [4.69, 9.17) is 5.73 Å². The number of pyridine rings is 1. The number of fused-ring (bicyclic) bond motifs is 1. The van der Waals surface area contributed by atoms with E-state index >= 15 is 0 Å². The van der Waals surface area contributed by atoms with Gasteiger partial charge in [-0.2, -0.15) is 10.4 Å². The van der Waals surface area contributed by atoms with Crippen molar-refractivity contribution in [1.82, 2.24) is 29.7 Å². The summed E-state index contributed by atoms with van der Waals surface area (Å²) in [5, 5.41) is 15.0. The van der Waals surface area contributed by atoms with Gasteiger partial charge in [0.05, 0.1) is 31.1 Å². The number of nitrogens with one attached hydrogen (secondary N) is 1. The summed E-state index contributed by atoms with van der Waals surface area (Å²) in [7, 11) is 0. The van der Waals surface area contributed by atoms with Crippen molar-refractivity contribution in [3.05, 3.63) is 55.0 Å². The number of aromatic nitrogens is 6. The third-order valence-electron chi connectivity index (χ3n) is 5.43. The van der Waals surface area contributed by atoms with E-state index in [1.807, 2.05) is 40.3 Å². The van der Waals surface area contributed by atoms with Gasteiger partial charge >= 0.3 is 0 Å². The minimum Gasteiger partial charge on any atom is -0.364 e. The Morgan fingerprint density at radius 1 is 1.23 bits per heavy atom. The Morgan fingerprint density at radius 3 is 2.83 bits per heavy atom. The van der Waals surface area contributed by atoms with E-state index in [2.05, 4.69) is 31.1 Å². The third kappa shape index (κ3) is 2.76. The Labute approximate surface area is 171 Å². The lowest BCUT2D eigenvalue weighted by molar-refractivity contribution is 0.0995. The van der Waals surface area contributed by atoms with Gasteiger partial charge < -0.3 is 15.6 Å². The Kier molecular flexibility index (Phi) is 3.96. The van der Waals surface area contributed by atoms with Crippen molar-refractivity contribution in [3.63, 3.8) is 0 Å². The summed E-state index contributed by atoms with van der Waals surface area (Å²) in [5.74, 6) is 0.0114. The van der Waals surface area contributed by atoms with Crippen molar-refractivity contribution < 1.29 is 4.79 Å². The summed E-state index contributed by atoms with van der Waals surface area (Å²) >= 11 is 0. The zero-order valence-corrected chi connectivity index (χ0v) is 15.9. The molecule has 0 unspecified atom stereocenters. The van der Waals surface area contributed by atoms with E-state index in [9.17, 15) is 10.1 Å². The van der Waals surface area contributed by atoms with Crippen molar-refractivity contribution in [2.24, 2.45) is 5.73 Å². The van der Waals surface area contributed by atoms with Crippen LogP contribution >= 0.6 is 0 Å². The molecule has 4 aromatic heterocycles. The van der Waals surface area contributed by atoms with Gasteiger partial charge in [-0.1, -0.05) is 0 Å². The molecule has 1 fully saturated rings. The molecule has 3 N–H and O–H groups in total. The van der Waals surface area contributed by atoms with Gasteiger partial charge in [0, 0.05) is 42.6 Å². The second-order valence-corrected chi connectivity index (χ2v) is 7.31. The Bertz CT molecular complexity index is 1280. The highest BCUT2D eigenvalue weighted by Crippen LogP contribution is 2.36. The van der Waals surface area contributed by atoms with Crippen LogP contribution in [-0.4, -0.2) is 48.7 Å². The topological polar surface area (TPSA) is 142 Å². The number of aromatic amines is 1. The summed E-state index contributed by atoms with van der Waals surface area (Å²) < 4.78 is 1.87. The lowest BCUT2D eigenvalue weighted by Gasteiger charge is -2.49. The van der Waals surface area contributed by atoms with Crippen LogP contribution in [0, 0.1) is 11.3 Å². The van der Waals surface area contributed by atoms with Crippen LogP contribution in [0.4, 0.5) is 5.82 Å². The lowest BCUT2D eigenvalue weighted by atomic mass is 9.87. The number of nitriles is 1. The minimum atomic E-state index is -0.617. The monoisotopic (exact) mass is 399 g/mol. The highest BCUT2D eigenvalue weighted by Gasteiger charge is 2.46. The van der Waals surface area contributed by atoms with Crippen LogP contribution in [0.2, 0.25) is 0 Å². The van der Waals surface area contributed by atoms with Crippen molar-refractivity contribution in [2.75, 3.05) is 18.0 Å².